The lowest BCUT2D eigenvalue weighted by molar-refractivity contribution is 0.924. The van der Waals surface area contributed by atoms with Gasteiger partial charge in [-0.2, -0.15) is 9.97 Å². The first-order chi connectivity index (χ1) is 5.09. The van der Waals surface area contributed by atoms with Crippen LogP contribution in [0, 0.1) is 13.8 Å². The van der Waals surface area contributed by atoms with Gasteiger partial charge < -0.3 is 5.31 Å². The van der Waals surface area contributed by atoms with Gasteiger partial charge in [0.15, 0.2) is 1.41 Å². The predicted molar refractivity (Wildman–Crippen MR) is 38.8 cm³/mol. The van der Waals surface area contributed by atoms with Gasteiger partial charge in [0, 0.05) is 7.05 Å². The number of aromatic nitrogens is 3. The van der Waals surface area contributed by atoms with Crippen LogP contribution in [0.2, 0.25) is 1.41 Å². The van der Waals surface area contributed by atoms with Crippen LogP contribution >= 0.6 is 0 Å². The van der Waals surface area contributed by atoms with Crippen molar-refractivity contribution in [2.75, 3.05) is 12.4 Å². The van der Waals surface area contributed by atoms with Gasteiger partial charge in [-0.3, -0.25) is 0 Å². The van der Waals surface area contributed by atoms with E-state index in [1.165, 1.54) is 0 Å². The predicted octanol–water partition coefficient (Wildman–Crippen LogP) is 0.530. The Bertz CT molecular complexity index is 241. The van der Waals surface area contributed by atoms with Crippen molar-refractivity contribution in [1.82, 2.24) is 15.0 Å². The summed E-state index contributed by atoms with van der Waals surface area (Å²) in [5.74, 6) is 1.67. The largest absolute Gasteiger partial charge is 0.357 e. The number of rotatable bonds is 1. The standard InChI is InChI=1S/C6H10N4/c1-4-8-5(2)10-6(7-3)9-4/h1-3H3,(H,7,8,9,10)/i/hT. The molecule has 0 atom stereocenters. The molecule has 0 aliphatic carbocycles. The van der Waals surface area contributed by atoms with Crippen LogP contribution in [0.5, 0.6) is 0 Å². The van der Waals surface area contributed by atoms with Gasteiger partial charge in [-0.15, -0.1) is 0 Å². The van der Waals surface area contributed by atoms with Crippen molar-refractivity contribution in [3.63, 3.8) is 0 Å². The number of nitrogens with one attached hydrogen (secondary N) is 1. The van der Waals surface area contributed by atoms with Crippen molar-refractivity contribution < 1.29 is 1.41 Å². The second-order valence-electron chi connectivity index (χ2n) is 1.95. The molecule has 1 heterocycles. The molecule has 0 saturated carbocycles. The molecule has 10 heavy (non-hydrogen) atoms. The zero-order valence-electron chi connectivity index (χ0n) is 7.29. The van der Waals surface area contributed by atoms with Crippen molar-refractivity contribution in [3.8, 4) is 0 Å². The van der Waals surface area contributed by atoms with E-state index in [1.807, 2.05) is 0 Å². The average molecular weight is 140 g/mol. The Morgan fingerprint density at radius 3 is 2.10 bits per heavy atom. The number of nitrogens with zero attached hydrogens (tertiary/aromatic N) is 3. The van der Waals surface area contributed by atoms with E-state index >= 15 is 0 Å². The van der Waals surface area contributed by atoms with Crippen LogP contribution in [0.15, 0.2) is 0 Å². The molecule has 4 nitrogen and oxygen atoms in total. The third-order valence-electron chi connectivity index (χ3n) is 1.05. The van der Waals surface area contributed by atoms with Crippen LogP contribution in [0.25, 0.3) is 0 Å². The zero-order chi connectivity index (χ0) is 8.43. The molecule has 0 amide bonds. The first-order valence-electron chi connectivity index (χ1n) is 3.46. The van der Waals surface area contributed by atoms with E-state index in [-0.39, 0.29) is 0 Å². The van der Waals surface area contributed by atoms with Crippen molar-refractivity contribution in [3.05, 3.63) is 11.6 Å². The maximum absolute atomic E-state index is 7.19. The Morgan fingerprint density at radius 1 is 1.20 bits per heavy atom. The minimum absolute atomic E-state index is 0.384. The van der Waals surface area contributed by atoms with E-state index in [1.54, 1.807) is 20.9 Å². The van der Waals surface area contributed by atoms with Gasteiger partial charge in [0.25, 0.3) is 0 Å². The first-order valence-corrected chi connectivity index (χ1v) is 3.01. The van der Waals surface area contributed by atoms with Crippen molar-refractivity contribution in [1.29, 1.82) is 0 Å². The maximum Gasteiger partial charge on any atom is 0.225 e. The fraction of sp³-hybridized carbons (Fsp3) is 0.500. The fourth-order valence-corrected chi connectivity index (χ4v) is 0.699. The summed E-state index contributed by atoms with van der Waals surface area (Å²) in [6.07, 6.45) is 0. The highest BCUT2D eigenvalue weighted by molar-refractivity contribution is 5.21. The van der Waals surface area contributed by atoms with Gasteiger partial charge in [-0.1, -0.05) is 0 Å². The van der Waals surface area contributed by atoms with Crippen molar-refractivity contribution in [2.45, 2.75) is 13.8 Å². The molecule has 0 aliphatic rings. The first kappa shape index (κ1) is 5.58. The summed E-state index contributed by atoms with van der Waals surface area (Å²) in [7, 11) is 1.58. The summed E-state index contributed by atoms with van der Waals surface area (Å²) < 4.78 is 7.19. The van der Waals surface area contributed by atoms with Crippen LogP contribution in [-0.2, 0) is 0 Å². The number of aryl methyl sites for hydroxylation is 2. The highest BCUT2D eigenvalue weighted by Crippen LogP contribution is 1.96. The molecule has 1 N–H and O–H groups in total. The van der Waals surface area contributed by atoms with Crippen LogP contribution in [0.3, 0.4) is 0 Å². The highest BCUT2D eigenvalue weighted by Gasteiger charge is 1.95. The second kappa shape index (κ2) is 2.60. The third-order valence-corrected chi connectivity index (χ3v) is 1.05. The molecule has 0 saturated heterocycles. The highest BCUT2D eigenvalue weighted by atomic mass is 15.1. The molecule has 1 aromatic heterocycles. The molecule has 0 radical (unpaired) electrons. The van der Waals surface area contributed by atoms with Crippen LogP contribution in [0.4, 0.5) is 5.95 Å². The average Bonchev–Trinajstić information content (AvgIpc) is 1.85. The van der Waals surface area contributed by atoms with Gasteiger partial charge in [0.2, 0.25) is 5.95 Å². The Balaban J connectivity index is 3.08. The van der Waals surface area contributed by atoms with E-state index < -0.39 is 0 Å². The number of anilines is 1. The van der Waals surface area contributed by atoms with Gasteiger partial charge in [-0.05, 0) is 13.8 Å². The fourth-order valence-electron chi connectivity index (χ4n) is 0.699. The molecule has 0 bridgehead atoms. The van der Waals surface area contributed by atoms with Gasteiger partial charge in [0.1, 0.15) is 11.6 Å². The summed E-state index contributed by atoms with van der Waals surface area (Å²) in [6, 6.07) is 0. The van der Waals surface area contributed by atoms with E-state index in [0.29, 0.717) is 17.6 Å². The molecular weight excluding hydrogens is 128 g/mol. The molecule has 0 spiro atoms. The van der Waals surface area contributed by atoms with Gasteiger partial charge in [-0.25, -0.2) is 4.98 Å². The molecule has 0 aromatic carbocycles. The molecule has 54 valence electrons. The lowest BCUT2D eigenvalue weighted by atomic mass is 10.6. The molecular formula is C6H10N4. The van der Waals surface area contributed by atoms with Crippen LogP contribution < -0.4 is 5.31 Å². The second-order valence-corrected chi connectivity index (χ2v) is 1.95. The SMILES string of the molecule is [3H]N(C)c1nc(C)nc(C)n1. The minimum Gasteiger partial charge on any atom is -0.357 e. The Kier molecular flexibility index (Phi) is 1.45. The summed E-state index contributed by atoms with van der Waals surface area (Å²) in [4.78, 5) is 11.9. The maximum atomic E-state index is 7.19. The summed E-state index contributed by atoms with van der Waals surface area (Å²) in [5.41, 5.74) is 0. The van der Waals surface area contributed by atoms with Crippen molar-refractivity contribution in [2.24, 2.45) is 0 Å². The van der Waals surface area contributed by atoms with Crippen LogP contribution in [-0.4, -0.2) is 22.0 Å². The Hall–Kier alpha value is -1.19. The number of hydrogen-bond donors (Lipinski definition) is 1. The molecule has 1 rings (SSSR count). The summed E-state index contributed by atoms with van der Waals surface area (Å²) >= 11 is 0. The molecule has 0 fully saturated rings. The monoisotopic (exact) mass is 140 g/mol. The molecule has 4 heteroatoms. The van der Waals surface area contributed by atoms with Crippen molar-refractivity contribution >= 4 is 5.95 Å². The normalized spacial score (nSPS) is 10.9. The topological polar surface area (TPSA) is 50.7 Å². The smallest absolute Gasteiger partial charge is 0.225 e. The third kappa shape index (κ3) is 1.40. The lowest BCUT2D eigenvalue weighted by Crippen LogP contribution is -2.01. The van der Waals surface area contributed by atoms with Gasteiger partial charge in [0.05, 0.1) is 0 Å². The minimum atomic E-state index is 0.384. The molecule has 0 aliphatic heterocycles. The van der Waals surface area contributed by atoms with E-state index in [9.17, 15) is 0 Å². The number of hydrogen-bond acceptors (Lipinski definition) is 4. The summed E-state index contributed by atoms with van der Waals surface area (Å²) in [5, 5.41) is 1.11. The molecule has 0 unspecified atom stereocenters. The quantitative estimate of drug-likeness (QED) is 0.618. The van der Waals surface area contributed by atoms with Gasteiger partial charge >= 0.3 is 0 Å². The Labute approximate surface area is 61.2 Å². The molecule has 1 aromatic rings. The van der Waals surface area contributed by atoms with E-state index in [4.69, 9.17) is 1.41 Å². The van der Waals surface area contributed by atoms with Crippen LogP contribution in [0.1, 0.15) is 11.6 Å². The zero-order valence-corrected chi connectivity index (χ0v) is 6.29. The lowest BCUT2D eigenvalue weighted by Gasteiger charge is -1.98. The Morgan fingerprint density at radius 2 is 1.70 bits per heavy atom. The van der Waals surface area contributed by atoms with E-state index in [2.05, 4.69) is 15.0 Å². The van der Waals surface area contributed by atoms with E-state index in [0.717, 1.165) is 5.31 Å². The summed E-state index contributed by atoms with van der Waals surface area (Å²) in [6.45, 7) is 3.56.